The zero-order valence-electron chi connectivity index (χ0n) is 36.7. The quantitative estimate of drug-likeness (QED) is 0.167. The Labute approximate surface area is 384 Å². The summed E-state index contributed by atoms with van der Waals surface area (Å²) < 4.78 is 2.40. The first kappa shape index (κ1) is 38.1. The van der Waals surface area contributed by atoms with Gasteiger partial charge >= 0.3 is 0 Å². The predicted octanol–water partition coefficient (Wildman–Crippen LogP) is 16.5. The van der Waals surface area contributed by atoms with E-state index < -0.39 is 0 Å². The van der Waals surface area contributed by atoms with Gasteiger partial charge in [-0.05, 0) is 96.9 Å². The largest absolute Gasteiger partial charge is 0.309 e. The first-order valence-electron chi connectivity index (χ1n) is 22.8. The molecule has 1 aliphatic carbocycles. The molecule has 0 saturated carbocycles. The second-order valence-corrected chi connectivity index (χ2v) is 18.1. The lowest BCUT2D eigenvalue weighted by atomic mass is 9.81. The van der Waals surface area contributed by atoms with Crippen molar-refractivity contribution in [2.24, 2.45) is 0 Å². The van der Waals surface area contributed by atoms with Gasteiger partial charge in [-0.25, -0.2) is 9.97 Å². The molecule has 0 spiro atoms. The van der Waals surface area contributed by atoms with Crippen LogP contribution in [0.4, 0.5) is 0 Å². The van der Waals surface area contributed by atoms with Crippen molar-refractivity contribution in [2.45, 2.75) is 19.3 Å². The maximum absolute atomic E-state index is 5.44. The number of nitrogens with zero attached hydrogens (tertiary/aromatic N) is 3. The van der Waals surface area contributed by atoms with E-state index in [0.717, 1.165) is 44.9 Å². The van der Waals surface area contributed by atoms with Gasteiger partial charge in [0, 0.05) is 38.4 Å². The SMILES string of the molecule is CC1(C)c2cc3ccccc3cc2-c2c(-c3c(-c4cc(-c5ccc(-c6ccccc6-n6c7ccccc7c7ccccc76)cc5)nc(-c5ccccc5)n4)ccc4ccccc34)cccc21. The predicted molar refractivity (Wildman–Crippen MR) is 276 cm³/mol. The molecule has 3 nitrogen and oxygen atoms in total. The second kappa shape index (κ2) is 14.8. The monoisotopic (exact) mass is 841 g/mol. The van der Waals surface area contributed by atoms with E-state index in [1.807, 2.05) is 6.07 Å². The summed E-state index contributed by atoms with van der Waals surface area (Å²) in [7, 11) is 0. The average molecular weight is 842 g/mol. The molecule has 0 bridgehead atoms. The Hall–Kier alpha value is -8.40. The highest BCUT2D eigenvalue weighted by Gasteiger charge is 2.38. The highest BCUT2D eigenvalue weighted by atomic mass is 15.0. The standard InChI is InChI=1S/C63H43N3/c1-63(2)53-27-16-26-51(61(53)52-37-44-20-6-7-21-45(44)38-54(52)63)60-47-23-9-8-17-40(47)35-36-50(60)56-39-55(64-62(65-56)43-18-4-3-5-19-43)42-33-31-41(32-34-42)46-22-10-13-28-57(46)66-58-29-14-11-24-48(58)49-25-12-15-30-59(49)66/h3-39H,1-2H3. The smallest absolute Gasteiger partial charge is 0.160 e. The summed E-state index contributed by atoms with van der Waals surface area (Å²) in [5, 5.41) is 7.41. The van der Waals surface area contributed by atoms with Crippen molar-refractivity contribution in [1.82, 2.24) is 14.5 Å². The molecule has 310 valence electrons. The van der Waals surface area contributed by atoms with Gasteiger partial charge in [-0.2, -0.15) is 0 Å². The van der Waals surface area contributed by atoms with E-state index >= 15 is 0 Å². The topological polar surface area (TPSA) is 30.7 Å². The second-order valence-electron chi connectivity index (χ2n) is 18.1. The summed E-state index contributed by atoms with van der Waals surface area (Å²) in [6.45, 7) is 4.74. The highest BCUT2D eigenvalue weighted by molar-refractivity contribution is 6.11. The van der Waals surface area contributed by atoms with Crippen LogP contribution in [0.15, 0.2) is 224 Å². The minimum atomic E-state index is -0.172. The summed E-state index contributed by atoms with van der Waals surface area (Å²) in [6.07, 6.45) is 0. The van der Waals surface area contributed by atoms with Gasteiger partial charge in [-0.3, -0.25) is 0 Å². The lowest BCUT2D eigenvalue weighted by Gasteiger charge is -2.22. The summed E-state index contributed by atoms with van der Waals surface area (Å²) in [6, 6.07) is 81.4. The first-order valence-corrected chi connectivity index (χ1v) is 22.8. The lowest BCUT2D eigenvalue weighted by Crippen LogP contribution is -2.14. The zero-order valence-corrected chi connectivity index (χ0v) is 36.7. The summed E-state index contributed by atoms with van der Waals surface area (Å²) >= 11 is 0. The van der Waals surface area contributed by atoms with Crippen molar-refractivity contribution < 1.29 is 0 Å². The lowest BCUT2D eigenvalue weighted by molar-refractivity contribution is 0.661. The fourth-order valence-electron chi connectivity index (χ4n) is 10.8. The minimum Gasteiger partial charge on any atom is -0.309 e. The number of para-hydroxylation sites is 3. The molecule has 0 unspecified atom stereocenters. The van der Waals surface area contributed by atoms with Crippen molar-refractivity contribution in [3.05, 3.63) is 236 Å². The molecule has 0 atom stereocenters. The van der Waals surface area contributed by atoms with Crippen molar-refractivity contribution >= 4 is 43.4 Å². The minimum absolute atomic E-state index is 0.172. The Balaban J connectivity index is 0.992. The molecule has 0 amide bonds. The van der Waals surface area contributed by atoms with E-state index in [1.165, 1.54) is 76.7 Å². The van der Waals surface area contributed by atoms with Gasteiger partial charge < -0.3 is 4.57 Å². The van der Waals surface area contributed by atoms with Crippen LogP contribution in [0, 0.1) is 0 Å². The maximum atomic E-state index is 5.44. The van der Waals surface area contributed by atoms with Crippen molar-refractivity contribution in [1.29, 1.82) is 0 Å². The number of rotatable bonds is 6. The van der Waals surface area contributed by atoms with Crippen LogP contribution in [0.5, 0.6) is 0 Å². The van der Waals surface area contributed by atoms with E-state index in [0.29, 0.717) is 5.82 Å². The average Bonchev–Trinajstić information content (AvgIpc) is 3.83. The van der Waals surface area contributed by atoms with E-state index in [2.05, 4.69) is 237 Å². The Bertz CT molecular complexity index is 3840. The highest BCUT2D eigenvalue weighted by Crippen LogP contribution is 2.55. The van der Waals surface area contributed by atoms with Gasteiger partial charge in [0.2, 0.25) is 0 Å². The summed E-state index contributed by atoms with van der Waals surface area (Å²) in [4.78, 5) is 10.8. The van der Waals surface area contributed by atoms with E-state index in [1.54, 1.807) is 0 Å². The molecule has 0 fully saturated rings. The van der Waals surface area contributed by atoms with Crippen molar-refractivity contribution in [2.75, 3.05) is 0 Å². The number of hydrogen-bond donors (Lipinski definition) is 0. The van der Waals surface area contributed by atoms with Gasteiger partial charge in [-0.1, -0.05) is 202 Å². The summed E-state index contributed by atoms with van der Waals surface area (Å²) in [5.74, 6) is 0.694. The molecule has 66 heavy (non-hydrogen) atoms. The molecule has 10 aromatic carbocycles. The molecular formula is C63H43N3. The molecule has 1 aliphatic rings. The Morgan fingerprint density at radius 2 is 0.939 bits per heavy atom. The van der Waals surface area contributed by atoms with Crippen molar-refractivity contribution in [3.8, 4) is 73.0 Å². The number of aromatic nitrogens is 3. The molecule has 2 heterocycles. The van der Waals surface area contributed by atoms with Crippen LogP contribution in [-0.2, 0) is 5.41 Å². The maximum Gasteiger partial charge on any atom is 0.160 e. The Kier molecular flexibility index (Phi) is 8.56. The zero-order chi connectivity index (χ0) is 43.9. The van der Waals surface area contributed by atoms with E-state index in [-0.39, 0.29) is 5.41 Å². The normalized spacial score (nSPS) is 12.8. The molecule has 0 radical (unpaired) electrons. The molecular weight excluding hydrogens is 799 g/mol. The fraction of sp³-hybridized carbons (Fsp3) is 0.0476. The molecule has 0 N–H and O–H groups in total. The molecule has 13 rings (SSSR count). The molecule has 12 aromatic rings. The molecule has 0 saturated heterocycles. The first-order chi connectivity index (χ1) is 32.5. The molecule has 0 aliphatic heterocycles. The summed E-state index contributed by atoms with van der Waals surface area (Å²) in [5.41, 5.74) is 18.2. The number of benzene rings is 10. The van der Waals surface area contributed by atoms with Crippen molar-refractivity contribution in [3.63, 3.8) is 0 Å². The fourth-order valence-corrected chi connectivity index (χ4v) is 10.8. The van der Waals surface area contributed by atoms with Gasteiger partial charge in [0.15, 0.2) is 5.82 Å². The van der Waals surface area contributed by atoms with Gasteiger partial charge in [0.25, 0.3) is 0 Å². The van der Waals surface area contributed by atoms with Crippen LogP contribution in [0.2, 0.25) is 0 Å². The van der Waals surface area contributed by atoms with Crippen LogP contribution in [0.3, 0.4) is 0 Å². The third kappa shape index (κ3) is 5.90. The Morgan fingerprint density at radius 3 is 1.70 bits per heavy atom. The van der Waals surface area contributed by atoms with Gasteiger partial charge in [-0.15, -0.1) is 0 Å². The number of hydrogen-bond acceptors (Lipinski definition) is 2. The van der Waals surface area contributed by atoms with Crippen LogP contribution in [-0.4, -0.2) is 14.5 Å². The third-order valence-corrected chi connectivity index (χ3v) is 14.0. The van der Waals surface area contributed by atoms with Crippen LogP contribution < -0.4 is 0 Å². The molecule has 2 aromatic heterocycles. The van der Waals surface area contributed by atoms with Gasteiger partial charge in [0.05, 0.1) is 28.1 Å². The van der Waals surface area contributed by atoms with Crippen LogP contribution in [0.1, 0.15) is 25.0 Å². The van der Waals surface area contributed by atoms with E-state index in [9.17, 15) is 0 Å². The Morgan fingerprint density at radius 1 is 0.348 bits per heavy atom. The number of fused-ring (bicyclic) bond motifs is 8. The molecule has 3 heteroatoms. The van der Waals surface area contributed by atoms with Gasteiger partial charge in [0.1, 0.15) is 0 Å². The van der Waals surface area contributed by atoms with Crippen LogP contribution in [0.25, 0.3) is 116 Å². The third-order valence-electron chi connectivity index (χ3n) is 14.0. The van der Waals surface area contributed by atoms with Crippen LogP contribution >= 0.6 is 0 Å². The van der Waals surface area contributed by atoms with E-state index in [4.69, 9.17) is 9.97 Å².